The lowest BCUT2D eigenvalue weighted by Gasteiger charge is -2.09. The van der Waals surface area contributed by atoms with Gasteiger partial charge in [0.2, 0.25) is 0 Å². The maximum absolute atomic E-state index is 12.1. The summed E-state index contributed by atoms with van der Waals surface area (Å²) >= 11 is 0. The largest absolute Gasteiger partial charge is 0.298 e. The SMILES string of the molecule is CC=C(F)C(F)(F)CC. The van der Waals surface area contributed by atoms with E-state index < -0.39 is 18.2 Å². The second kappa shape index (κ2) is 2.90. The van der Waals surface area contributed by atoms with Crippen molar-refractivity contribution in [3.8, 4) is 0 Å². The molecule has 0 N–H and O–H groups in total. The van der Waals surface area contributed by atoms with E-state index in [1.54, 1.807) is 0 Å². The van der Waals surface area contributed by atoms with Gasteiger partial charge in [0.1, 0.15) is 0 Å². The molecule has 0 aromatic rings. The maximum atomic E-state index is 12.1. The quantitative estimate of drug-likeness (QED) is 0.550. The minimum Gasteiger partial charge on any atom is -0.206 e. The van der Waals surface area contributed by atoms with Crippen LogP contribution in [-0.2, 0) is 0 Å². The van der Waals surface area contributed by atoms with Crippen molar-refractivity contribution in [2.75, 3.05) is 0 Å². The van der Waals surface area contributed by atoms with Crippen molar-refractivity contribution in [2.45, 2.75) is 26.2 Å². The predicted molar refractivity (Wildman–Crippen MR) is 30.1 cm³/mol. The van der Waals surface area contributed by atoms with Crippen molar-refractivity contribution in [1.29, 1.82) is 0 Å². The maximum Gasteiger partial charge on any atom is 0.298 e. The lowest BCUT2D eigenvalue weighted by molar-refractivity contribution is 0.0143. The summed E-state index contributed by atoms with van der Waals surface area (Å²) < 4.78 is 36.2. The van der Waals surface area contributed by atoms with E-state index in [0.29, 0.717) is 0 Å². The van der Waals surface area contributed by atoms with Gasteiger partial charge in [-0.15, -0.1) is 0 Å². The van der Waals surface area contributed by atoms with Crippen LogP contribution in [0.3, 0.4) is 0 Å². The van der Waals surface area contributed by atoms with Crippen molar-refractivity contribution in [3.63, 3.8) is 0 Å². The molecular formula is C6H9F3. The second-order valence-electron chi connectivity index (χ2n) is 1.69. The van der Waals surface area contributed by atoms with Crippen LogP contribution in [0.2, 0.25) is 0 Å². The highest BCUT2D eigenvalue weighted by Crippen LogP contribution is 2.27. The van der Waals surface area contributed by atoms with Gasteiger partial charge >= 0.3 is 0 Å². The van der Waals surface area contributed by atoms with Gasteiger partial charge in [-0.3, -0.25) is 0 Å². The topological polar surface area (TPSA) is 0 Å². The van der Waals surface area contributed by atoms with Crippen LogP contribution in [0.5, 0.6) is 0 Å². The Hall–Kier alpha value is -0.470. The van der Waals surface area contributed by atoms with Crippen LogP contribution in [0.4, 0.5) is 13.2 Å². The van der Waals surface area contributed by atoms with E-state index in [4.69, 9.17) is 0 Å². The molecule has 54 valence electrons. The normalized spacial score (nSPS) is 14.1. The molecule has 9 heavy (non-hydrogen) atoms. The van der Waals surface area contributed by atoms with E-state index in [2.05, 4.69) is 0 Å². The first-order valence-electron chi connectivity index (χ1n) is 2.74. The number of rotatable bonds is 2. The van der Waals surface area contributed by atoms with Gasteiger partial charge in [0, 0.05) is 6.42 Å². The fraction of sp³-hybridized carbons (Fsp3) is 0.667. The van der Waals surface area contributed by atoms with Crippen LogP contribution in [0.25, 0.3) is 0 Å². The van der Waals surface area contributed by atoms with Crippen LogP contribution in [-0.4, -0.2) is 5.92 Å². The van der Waals surface area contributed by atoms with Gasteiger partial charge in [-0.1, -0.05) is 6.92 Å². The van der Waals surface area contributed by atoms with Gasteiger partial charge in [0.15, 0.2) is 5.83 Å². The number of halogens is 3. The lowest BCUT2D eigenvalue weighted by atomic mass is 10.2. The zero-order valence-electron chi connectivity index (χ0n) is 5.42. The molecule has 0 aliphatic rings. The Labute approximate surface area is 52.4 Å². The predicted octanol–water partition coefficient (Wildman–Crippen LogP) is 2.91. The smallest absolute Gasteiger partial charge is 0.206 e. The summed E-state index contributed by atoms with van der Waals surface area (Å²) in [7, 11) is 0. The molecule has 0 amide bonds. The first-order valence-corrected chi connectivity index (χ1v) is 2.74. The van der Waals surface area contributed by atoms with Crippen molar-refractivity contribution in [3.05, 3.63) is 11.9 Å². The zero-order chi connectivity index (χ0) is 7.49. The van der Waals surface area contributed by atoms with Crippen molar-refractivity contribution < 1.29 is 13.2 Å². The first-order chi connectivity index (χ1) is 4.04. The van der Waals surface area contributed by atoms with Crippen molar-refractivity contribution in [2.24, 2.45) is 0 Å². The fourth-order valence-corrected chi connectivity index (χ4v) is 0.380. The van der Waals surface area contributed by atoms with E-state index in [0.717, 1.165) is 6.08 Å². The third-order valence-corrected chi connectivity index (χ3v) is 1.05. The number of allylic oxidation sites excluding steroid dienone is 2. The Morgan fingerprint density at radius 2 is 2.00 bits per heavy atom. The summed E-state index contributed by atoms with van der Waals surface area (Å²) in [6.45, 7) is 2.49. The molecule has 0 heterocycles. The zero-order valence-corrected chi connectivity index (χ0v) is 5.42. The van der Waals surface area contributed by atoms with Gasteiger partial charge in [-0.25, -0.2) is 4.39 Å². The molecule has 0 aliphatic carbocycles. The Morgan fingerprint density at radius 3 is 2.11 bits per heavy atom. The highest BCUT2D eigenvalue weighted by atomic mass is 19.3. The minimum absolute atomic E-state index is 0.483. The summed E-state index contributed by atoms with van der Waals surface area (Å²) in [6, 6.07) is 0. The Kier molecular flexibility index (Phi) is 2.74. The van der Waals surface area contributed by atoms with Gasteiger partial charge in [0.25, 0.3) is 5.92 Å². The molecule has 0 radical (unpaired) electrons. The lowest BCUT2D eigenvalue weighted by Crippen LogP contribution is -2.14. The van der Waals surface area contributed by atoms with E-state index in [9.17, 15) is 13.2 Å². The number of hydrogen-bond acceptors (Lipinski definition) is 0. The molecular weight excluding hydrogens is 129 g/mol. The second-order valence-corrected chi connectivity index (χ2v) is 1.69. The molecule has 0 rings (SSSR count). The standard InChI is InChI=1S/C6H9F3/c1-3-5(7)6(8,9)4-2/h3H,4H2,1-2H3. The first kappa shape index (κ1) is 8.53. The van der Waals surface area contributed by atoms with Crippen LogP contribution in [0.15, 0.2) is 11.9 Å². The van der Waals surface area contributed by atoms with E-state index in [1.807, 2.05) is 0 Å². The molecule has 0 spiro atoms. The van der Waals surface area contributed by atoms with Gasteiger partial charge < -0.3 is 0 Å². The Balaban J connectivity index is 4.14. The summed E-state index contributed by atoms with van der Waals surface area (Å²) in [5, 5.41) is 0. The van der Waals surface area contributed by atoms with Crippen LogP contribution >= 0.6 is 0 Å². The van der Waals surface area contributed by atoms with Crippen LogP contribution in [0, 0.1) is 0 Å². The third kappa shape index (κ3) is 2.08. The molecule has 0 atom stereocenters. The molecule has 0 saturated heterocycles. The number of hydrogen-bond donors (Lipinski definition) is 0. The molecule has 0 nitrogen and oxygen atoms in total. The van der Waals surface area contributed by atoms with Gasteiger partial charge in [-0.2, -0.15) is 8.78 Å². The van der Waals surface area contributed by atoms with Crippen molar-refractivity contribution in [1.82, 2.24) is 0 Å². The average molecular weight is 138 g/mol. The molecule has 0 aromatic carbocycles. The molecule has 3 heteroatoms. The third-order valence-electron chi connectivity index (χ3n) is 1.05. The summed E-state index contributed by atoms with van der Waals surface area (Å²) in [6.07, 6.45) is 0.298. The Morgan fingerprint density at radius 1 is 1.56 bits per heavy atom. The van der Waals surface area contributed by atoms with E-state index >= 15 is 0 Å². The van der Waals surface area contributed by atoms with Gasteiger partial charge in [-0.05, 0) is 13.0 Å². The van der Waals surface area contributed by atoms with Crippen molar-refractivity contribution >= 4 is 0 Å². The average Bonchev–Trinajstić information content (AvgIpc) is 1.86. The monoisotopic (exact) mass is 138 g/mol. The summed E-state index contributed by atoms with van der Waals surface area (Å²) in [5.41, 5.74) is 0. The molecule has 0 bridgehead atoms. The molecule has 0 saturated carbocycles. The number of alkyl halides is 2. The van der Waals surface area contributed by atoms with E-state index in [-0.39, 0.29) is 0 Å². The molecule has 0 unspecified atom stereocenters. The van der Waals surface area contributed by atoms with Crippen LogP contribution in [0.1, 0.15) is 20.3 Å². The summed E-state index contributed by atoms with van der Waals surface area (Å²) in [5.74, 6) is -4.60. The highest BCUT2D eigenvalue weighted by molar-refractivity contribution is 5.01. The molecule has 0 fully saturated rings. The molecule has 0 aliphatic heterocycles. The van der Waals surface area contributed by atoms with E-state index in [1.165, 1.54) is 13.8 Å². The van der Waals surface area contributed by atoms with Crippen LogP contribution < -0.4 is 0 Å². The fourth-order valence-electron chi connectivity index (χ4n) is 0.380. The van der Waals surface area contributed by atoms with Gasteiger partial charge in [0.05, 0.1) is 0 Å². The minimum atomic E-state index is -3.26. The summed E-state index contributed by atoms with van der Waals surface area (Å²) in [4.78, 5) is 0. The molecule has 0 aromatic heterocycles. The Bertz CT molecular complexity index is 115. The highest BCUT2D eigenvalue weighted by Gasteiger charge is 2.31.